The minimum Gasteiger partial charge on any atom is -0.328 e. The first-order chi connectivity index (χ1) is 11.7. The monoisotopic (exact) mass is 340 g/mol. The second-order valence-corrected chi connectivity index (χ2v) is 9.72. The van der Waals surface area contributed by atoms with E-state index in [9.17, 15) is 0 Å². The molecular formula is C22H28OS. The van der Waals surface area contributed by atoms with Crippen LogP contribution in [0, 0.1) is 17.8 Å². The van der Waals surface area contributed by atoms with Crippen LogP contribution in [-0.4, -0.2) is 12.4 Å². The minimum absolute atomic E-state index is 0.664. The molecule has 0 spiro atoms. The van der Waals surface area contributed by atoms with Gasteiger partial charge in [0, 0.05) is 15.6 Å². The van der Waals surface area contributed by atoms with Gasteiger partial charge < -0.3 is 4.18 Å². The van der Waals surface area contributed by atoms with Crippen molar-refractivity contribution in [2.45, 2.75) is 24.7 Å². The molecule has 2 aliphatic carbocycles. The summed E-state index contributed by atoms with van der Waals surface area (Å²) in [5.74, 6) is 3.13. The van der Waals surface area contributed by atoms with Gasteiger partial charge in [-0.1, -0.05) is 72.9 Å². The van der Waals surface area contributed by atoms with Crippen LogP contribution in [0.15, 0.2) is 83.7 Å². The molecular weight excluding hydrogens is 312 g/mol. The first-order valence-electron chi connectivity index (χ1n) is 8.87. The number of allylic oxidation sites excluding steroid dienone is 5. The van der Waals surface area contributed by atoms with Gasteiger partial charge in [0.15, 0.2) is 0 Å². The standard InChI is InChI=1S/C22H28OS/c1-4-10-21(5-2)24(6-3,22-11-8-7-9-12-22)23-17-20-16-18-13-14-19(20)15-18/h4-5,7-14,18-20H,1-2,6,15-17H2,3H3/b21-10+. The van der Waals surface area contributed by atoms with E-state index >= 15 is 0 Å². The molecule has 24 heavy (non-hydrogen) atoms. The summed E-state index contributed by atoms with van der Waals surface area (Å²) in [4.78, 5) is 2.45. The van der Waals surface area contributed by atoms with Crippen molar-refractivity contribution in [1.29, 1.82) is 0 Å². The van der Waals surface area contributed by atoms with Crippen LogP contribution in [0.2, 0.25) is 0 Å². The zero-order valence-corrected chi connectivity index (χ0v) is 15.4. The predicted molar refractivity (Wildman–Crippen MR) is 106 cm³/mol. The van der Waals surface area contributed by atoms with Gasteiger partial charge in [0.05, 0.1) is 6.61 Å². The molecule has 0 amide bonds. The molecule has 0 N–H and O–H groups in total. The van der Waals surface area contributed by atoms with Crippen molar-refractivity contribution < 1.29 is 4.18 Å². The van der Waals surface area contributed by atoms with Gasteiger partial charge in [0.1, 0.15) is 0 Å². The third-order valence-electron chi connectivity index (χ3n) is 5.29. The summed E-state index contributed by atoms with van der Waals surface area (Å²) in [5, 5.41) is 0. The smallest absolute Gasteiger partial charge is 0.0634 e. The van der Waals surface area contributed by atoms with Crippen LogP contribution < -0.4 is 0 Å². The first-order valence-corrected chi connectivity index (χ1v) is 10.6. The number of rotatable bonds is 8. The lowest BCUT2D eigenvalue weighted by atomic mass is 9.95. The molecule has 2 bridgehead atoms. The molecule has 0 radical (unpaired) electrons. The van der Waals surface area contributed by atoms with Gasteiger partial charge in [-0.25, -0.2) is 0 Å². The van der Waals surface area contributed by atoms with E-state index in [1.54, 1.807) is 0 Å². The van der Waals surface area contributed by atoms with Crippen LogP contribution in [0.3, 0.4) is 0 Å². The molecule has 1 saturated carbocycles. The van der Waals surface area contributed by atoms with Crippen LogP contribution in [0.5, 0.6) is 0 Å². The number of hydrogen-bond donors (Lipinski definition) is 0. The molecule has 0 heterocycles. The fourth-order valence-corrected chi connectivity index (χ4v) is 7.01. The molecule has 1 fully saturated rings. The molecule has 0 aliphatic heterocycles. The molecule has 2 heteroatoms. The van der Waals surface area contributed by atoms with Crippen LogP contribution in [0.25, 0.3) is 0 Å². The number of hydrogen-bond acceptors (Lipinski definition) is 1. The zero-order chi connectivity index (χ0) is 17.0. The van der Waals surface area contributed by atoms with E-state index in [4.69, 9.17) is 4.18 Å². The summed E-state index contributed by atoms with van der Waals surface area (Å²) in [5.41, 5.74) is 0. The van der Waals surface area contributed by atoms with Crippen molar-refractivity contribution in [2.24, 2.45) is 17.8 Å². The molecule has 4 atom stereocenters. The van der Waals surface area contributed by atoms with E-state index in [1.165, 1.54) is 22.6 Å². The van der Waals surface area contributed by atoms with Crippen molar-refractivity contribution in [1.82, 2.24) is 0 Å². The molecule has 1 nitrogen and oxygen atoms in total. The van der Waals surface area contributed by atoms with E-state index < -0.39 is 10.3 Å². The molecule has 4 unspecified atom stereocenters. The highest BCUT2D eigenvalue weighted by Gasteiger charge is 2.38. The van der Waals surface area contributed by atoms with Crippen molar-refractivity contribution in [3.63, 3.8) is 0 Å². The number of fused-ring (bicyclic) bond motifs is 2. The van der Waals surface area contributed by atoms with Crippen LogP contribution in [0.4, 0.5) is 0 Å². The molecule has 128 valence electrons. The summed E-state index contributed by atoms with van der Waals surface area (Å²) >= 11 is 0. The molecule has 0 saturated heterocycles. The first kappa shape index (κ1) is 17.3. The average molecular weight is 341 g/mol. The molecule has 1 aromatic carbocycles. The Morgan fingerprint density at radius 2 is 2.00 bits per heavy atom. The molecule has 1 aromatic rings. The quantitative estimate of drug-likeness (QED) is 0.400. The Hall–Kier alpha value is -1.51. The summed E-state index contributed by atoms with van der Waals surface area (Å²) in [6, 6.07) is 10.7. The van der Waals surface area contributed by atoms with Crippen molar-refractivity contribution >= 4 is 10.3 Å². The number of benzene rings is 1. The Bertz CT molecular complexity index is 645. The summed E-state index contributed by atoms with van der Waals surface area (Å²) < 4.78 is 6.77. The summed E-state index contributed by atoms with van der Waals surface area (Å²) in [6.07, 6.45) is 13.3. The molecule has 2 aliphatic rings. The second-order valence-electron chi connectivity index (χ2n) is 6.61. The lowest BCUT2D eigenvalue weighted by Crippen LogP contribution is -2.19. The maximum atomic E-state index is 6.77. The summed E-state index contributed by atoms with van der Waals surface area (Å²) in [6.45, 7) is 11.0. The lowest BCUT2D eigenvalue weighted by molar-refractivity contribution is 0.251. The predicted octanol–water partition coefficient (Wildman–Crippen LogP) is 6.27. The van der Waals surface area contributed by atoms with Crippen molar-refractivity contribution in [3.8, 4) is 0 Å². The lowest BCUT2D eigenvalue weighted by Gasteiger charge is -2.41. The van der Waals surface area contributed by atoms with E-state index in [0.29, 0.717) is 5.92 Å². The highest BCUT2D eigenvalue weighted by atomic mass is 32.3. The van der Waals surface area contributed by atoms with Gasteiger partial charge in [-0.05, 0) is 48.8 Å². The Labute approximate surface area is 148 Å². The fourth-order valence-electron chi connectivity index (χ4n) is 4.05. The Kier molecular flexibility index (Phi) is 5.47. The van der Waals surface area contributed by atoms with Crippen molar-refractivity contribution in [3.05, 3.63) is 78.8 Å². The van der Waals surface area contributed by atoms with Gasteiger partial charge >= 0.3 is 0 Å². The van der Waals surface area contributed by atoms with Gasteiger partial charge in [-0.3, -0.25) is 0 Å². The summed E-state index contributed by atoms with van der Waals surface area (Å²) in [7, 11) is -1.52. The zero-order valence-electron chi connectivity index (χ0n) is 14.6. The maximum Gasteiger partial charge on any atom is 0.0634 e. The Morgan fingerprint density at radius 3 is 2.54 bits per heavy atom. The largest absolute Gasteiger partial charge is 0.328 e. The van der Waals surface area contributed by atoms with Crippen LogP contribution >= 0.6 is 10.3 Å². The van der Waals surface area contributed by atoms with Crippen molar-refractivity contribution in [2.75, 3.05) is 12.4 Å². The van der Waals surface area contributed by atoms with Gasteiger partial charge in [-0.15, -0.1) is 0 Å². The fraction of sp³-hybridized carbons (Fsp3) is 0.364. The third kappa shape index (κ3) is 3.18. The third-order valence-corrected chi connectivity index (χ3v) is 8.74. The van der Waals surface area contributed by atoms with Crippen LogP contribution in [-0.2, 0) is 4.18 Å². The van der Waals surface area contributed by atoms with E-state index in [2.05, 4.69) is 68.6 Å². The second kappa shape index (κ2) is 7.58. The normalized spacial score (nSPS) is 29.2. The van der Waals surface area contributed by atoms with Gasteiger partial charge in [-0.2, -0.15) is 0 Å². The highest BCUT2D eigenvalue weighted by Crippen LogP contribution is 2.64. The Balaban J connectivity index is 1.89. The molecule has 3 rings (SSSR count). The van der Waals surface area contributed by atoms with Gasteiger partial charge in [0.25, 0.3) is 0 Å². The maximum absolute atomic E-state index is 6.77. The van der Waals surface area contributed by atoms with E-state index in [-0.39, 0.29) is 0 Å². The molecule has 0 aromatic heterocycles. The average Bonchev–Trinajstić information content (AvgIpc) is 3.25. The highest BCUT2D eigenvalue weighted by molar-refractivity contribution is 8.33. The topological polar surface area (TPSA) is 9.23 Å². The van der Waals surface area contributed by atoms with E-state index in [0.717, 1.165) is 24.2 Å². The SMILES string of the molecule is C=C/C=C(\C=C)S(CC)(OCC1CC2C=CC1C2)c1ccccc1. The Morgan fingerprint density at radius 1 is 1.21 bits per heavy atom. The van der Waals surface area contributed by atoms with E-state index in [1.807, 2.05) is 12.2 Å². The van der Waals surface area contributed by atoms with Gasteiger partial charge in [0.2, 0.25) is 0 Å². The minimum atomic E-state index is -1.52. The van der Waals surface area contributed by atoms with Crippen LogP contribution in [0.1, 0.15) is 19.8 Å².